The van der Waals surface area contributed by atoms with Crippen LogP contribution in [0.5, 0.6) is 0 Å². The Bertz CT molecular complexity index is 675. The fraction of sp³-hybridized carbons (Fsp3) is 0.444. The molecule has 1 aromatic rings. The van der Waals surface area contributed by atoms with Gasteiger partial charge in [0.05, 0.1) is 0 Å². The lowest BCUT2D eigenvalue weighted by Gasteiger charge is -2.20. The van der Waals surface area contributed by atoms with Crippen molar-refractivity contribution in [3.8, 4) is 0 Å². The zero-order chi connectivity index (χ0) is 18.4. The van der Waals surface area contributed by atoms with Gasteiger partial charge >= 0.3 is 0 Å². The Morgan fingerprint density at radius 2 is 2.04 bits per heavy atom. The van der Waals surface area contributed by atoms with E-state index in [1.54, 1.807) is 20.2 Å². The average molecular weight is 478 g/mol. The third-order valence-corrected chi connectivity index (χ3v) is 4.24. The fourth-order valence-electron chi connectivity index (χ4n) is 2.50. The molecule has 2 rings (SSSR count). The van der Waals surface area contributed by atoms with E-state index in [-0.39, 0.29) is 41.8 Å². The first-order chi connectivity index (χ1) is 11.9. The predicted molar refractivity (Wildman–Crippen MR) is 110 cm³/mol. The first-order valence-electron chi connectivity index (χ1n) is 8.17. The Balaban J connectivity index is 0.00000338. The van der Waals surface area contributed by atoms with Crippen LogP contribution in [0.4, 0.5) is 8.78 Å². The van der Waals surface area contributed by atoms with E-state index >= 15 is 0 Å². The second-order valence-electron chi connectivity index (χ2n) is 6.38. The van der Waals surface area contributed by atoms with Crippen molar-refractivity contribution in [3.63, 3.8) is 0 Å². The summed E-state index contributed by atoms with van der Waals surface area (Å²) in [5.41, 5.74) is 0.147. The number of amides is 1. The van der Waals surface area contributed by atoms with E-state index in [1.165, 1.54) is 17.0 Å². The van der Waals surface area contributed by atoms with Gasteiger partial charge in [-0.1, -0.05) is 12.1 Å². The molecule has 144 valence electrons. The number of nitrogens with zero attached hydrogens (tertiary/aromatic N) is 2. The van der Waals surface area contributed by atoms with Gasteiger partial charge in [0.15, 0.2) is 5.96 Å². The van der Waals surface area contributed by atoms with Gasteiger partial charge < -0.3 is 15.5 Å². The van der Waals surface area contributed by atoms with Crippen LogP contribution in [0, 0.1) is 11.6 Å². The van der Waals surface area contributed by atoms with Crippen LogP contribution in [-0.2, 0) is 10.2 Å². The summed E-state index contributed by atoms with van der Waals surface area (Å²) in [6, 6.07) is 3.69. The number of carbonyl (C=O) groups excluding carboxylic acids is 1. The number of nitrogens with one attached hydrogen (secondary N) is 2. The molecule has 2 N–H and O–H groups in total. The number of halogens is 3. The minimum Gasteiger partial charge on any atom is -0.355 e. The molecule has 1 aliphatic rings. The number of rotatable bonds is 7. The Morgan fingerprint density at radius 1 is 1.35 bits per heavy atom. The van der Waals surface area contributed by atoms with Crippen molar-refractivity contribution in [1.82, 2.24) is 15.5 Å². The maximum atomic E-state index is 14.1. The summed E-state index contributed by atoms with van der Waals surface area (Å²) in [6.07, 6.45) is 3.30. The zero-order valence-corrected chi connectivity index (χ0v) is 17.3. The van der Waals surface area contributed by atoms with Crippen LogP contribution in [-0.4, -0.2) is 50.5 Å². The van der Waals surface area contributed by atoms with E-state index in [0.29, 0.717) is 24.6 Å². The molecule has 5 nitrogen and oxygen atoms in total. The van der Waals surface area contributed by atoms with Crippen molar-refractivity contribution in [3.05, 3.63) is 48.1 Å². The molecule has 1 aromatic carbocycles. The molecule has 0 bridgehead atoms. The molecule has 26 heavy (non-hydrogen) atoms. The van der Waals surface area contributed by atoms with Gasteiger partial charge in [-0.15, -0.1) is 30.6 Å². The van der Waals surface area contributed by atoms with E-state index in [4.69, 9.17) is 0 Å². The quantitative estimate of drug-likeness (QED) is 0.274. The van der Waals surface area contributed by atoms with Crippen molar-refractivity contribution in [1.29, 1.82) is 0 Å². The summed E-state index contributed by atoms with van der Waals surface area (Å²) in [5, 5.41) is 6.19. The minimum atomic E-state index is -0.581. The lowest BCUT2D eigenvalue weighted by molar-refractivity contribution is -0.127. The molecule has 0 radical (unpaired) electrons. The van der Waals surface area contributed by atoms with Crippen molar-refractivity contribution in [2.45, 2.75) is 18.3 Å². The average Bonchev–Trinajstić information content (AvgIpc) is 3.34. The van der Waals surface area contributed by atoms with Crippen LogP contribution in [0.3, 0.4) is 0 Å². The second kappa shape index (κ2) is 9.84. The Labute approximate surface area is 170 Å². The third-order valence-electron chi connectivity index (χ3n) is 4.24. The first kappa shape index (κ1) is 22.3. The Kier molecular flexibility index (Phi) is 8.45. The van der Waals surface area contributed by atoms with Gasteiger partial charge in [0.2, 0.25) is 5.91 Å². The minimum absolute atomic E-state index is 0. The van der Waals surface area contributed by atoms with Crippen LogP contribution in [0.15, 0.2) is 35.8 Å². The molecule has 0 aromatic heterocycles. The standard InChI is InChI=1S/C18H24F2N4O.HI/c1-4-9-21-17(22-11-16(25)24(2)3)23-12-18(7-8-18)14-6-5-13(19)10-15(14)20;/h4-6,10H,1,7-9,11-12H2,2-3H3,(H2,21,22,23);1H. The van der Waals surface area contributed by atoms with Gasteiger partial charge in [0, 0.05) is 38.7 Å². The number of benzene rings is 1. The molecule has 1 amide bonds. The van der Waals surface area contributed by atoms with E-state index in [0.717, 1.165) is 18.9 Å². The summed E-state index contributed by atoms with van der Waals surface area (Å²) < 4.78 is 27.2. The smallest absolute Gasteiger partial charge is 0.243 e. The molecule has 0 heterocycles. The molecule has 0 aliphatic heterocycles. The largest absolute Gasteiger partial charge is 0.355 e. The number of guanidine groups is 1. The van der Waals surface area contributed by atoms with Gasteiger partial charge in [0.1, 0.15) is 18.2 Å². The van der Waals surface area contributed by atoms with Gasteiger partial charge in [-0.2, -0.15) is 0 Å². The van der Waals surface area contributed by atoms with Crippen molar-refractivity contribution in [2.24, 2.45) is 4.99 Å². The zero-order valence-electron chi connectivity index (χ0n) is 15.0. The topological polar surface area (TPSA) is 56.7 Å². The van der Waals surface area contributed by atoms with Crippen molar-refractivity contribution >= 4 is 35.8 Å². The lowest BCUT2D eigenvalue weighted by atomic mass is 9.95. The Hall–Kier alpha value is -1.71. The maximum absolute atomic E-state index is 14.1. The highest BCUT2D eigenvalue weighted by molar-refractivity contribution is 14.0. The number of likely N-dealkylation sites (N-methyl/N-ethyl adjacent to an activating group) is 1. The molecule has 0 unspecified atom stereocenters. The second-order valence-corrected chi connectivity index (χ2v) is 6.38. The van der Waals surface area contributed by atoms with Crippen LogP contribution >= 0.6 is 24.0 Å². The van der Waals surface area contributed by atoms with Crippen LogP contribution in [0.2, 0.25) is 0 Å². The van der Waals surface area contributed by atoms with E-state index < -0.39 is 11.6 Å². The molecule has 0 spiro atoms. The molecule has 1 saturated carbocycles. The lowest BCUT2D eigenvalue weighted by Crippen LogP contribution is -2.42. The third kappa shape index (κ3) is 5.93. The number of hydrogen-bond acceptors (Lipinski definition) is 2. The maximum Gasteiger partial charge on any atom is 0.243 e. The summed E-state index contributed by atoms with van der Waals surface area (Å²) in [6.45, 7) is 4.59. The van der Waals surface area contributed by atoms with E-state index in [2.05, 4.69) is 22.2 Å². The monoisotopic (exact) mass is 478 g/mol. The highest BCUT2D eigenvalue weighted by Crippen LogP contribution is 2.48. The Morgan fingerprint density at radius 3 is 2.58 bits per heavy atom. The molecular formula is C18H25F2IN4O. The highest BCUT2D eigenvalue weighted by atomic mass is 127. The molecule has 1 fully saturated rings. The van der Waals surface area contributed by atoms with Crippen molar-refractivity contribution in [2.75, 3.05) is 33.7 Å². The summed E-state index contributed by atoms with van der Waals surface area (Å²) in [4.78, 5) is 17.4. The summed E-state index contributed by atoms with van der Waals surface area (Å²) in [5.74, 6) is -0.768. The molecule has 0 saturated heterocycles. The molecule has 0 atom stereocenters. The molecule has 8 heteroatoms. The van der Waals surface area contributed by atoms with Crippen LogP contribution < -0.4 is 10.6 Å². The van der Waals surface area contributed by atoms with Crippen molar-refractivity contribution < 1.29 is 13.6 Å². The fourth-order valence-corrected chi connectivity index (χ4v) is 2.50. The van der Waals surface area contributed by atoms with Gasteiger partial charge in [-0.05, 0) is 24.5 Å². The molecular weight excluding hydrogens is 453 g/mol. The number of hydrogen-bond donors (Lipinski definition) is 2. The highest BCUT2D eigenvalue weighted by Gasteiger charge is 2.46. The molecule has 1 aliphatic carbocycles. The SMILES string of the molecule is C=CCNC(=NCC(=O)N(C)C)NCC1(c2ccc(F)cc2F)CC1.I. The van der Waals surface area contributed by atoms with Gasteiger partial charge in [-0.25, -0.2) is 13.8 Å². The summed E-state index contributed by atoms with van der Waals surface area (Å²) >= 11 is 0. The van der Waals surface area contributed by atoms with Crippen LogP contribution in [0.1, 0.15) is 18.4 Å². The normalized spacial score (nSPS) is 14.8. The van der Waals surface area contributed by atoms with E-state index in [9.17, 15) is 13.6 Å². The van der Waals surface area contributed by atoms with Gasteiger partial charge in [-0.3, -0.25) is 4.79 Å². The van der Waals surface area contributed by atoms with E-state index in [1.807, 2.05) is 0 Å². The van der Waals surface area contributed by atoms with Crippen LogP contribution in [0.25, 0.3) is 0 Å². The van der Waals surface area contributed by atoms with Gasteiger partial charge in [0.25, 0.3) is 0 Å². The summed E-state index contributed by atoms with van der Waals surface area (Å²) in [7, 11) is 3.33. The predicted octanol–water partition coefficient (Wildman–Crippen LogP) is 2.42. The first-order valence-corrected chi connectivity index (χ1v) is 8.17. The number of aliphatic imine (C=N–C) groups is 1. The number of carbonyl (C=O) groups is 1.